The van der Waals surface area contributed by atoms with Gasteiger partial charge in [-0.25, -0.2) is 13.6 Å². The standard InChI is InChI=1S/C11H10F2O5/c1-17-7-4-5(8(14)11(15)16)3-6(10(12)13)9(7)18-2/h3-4,10H,1-2H3,(H,15,16). The van der Waals surface area contributed by atoms with Gasteiger partial charge in [0.2, 0.25) is 0 Å². The lowest BCUT2D eigenvalue weighted by Crippen LogP contribution is -2.13. The van der Waals surface area contributed by atoms with Crippen LogP contribution in [0.15, 0.2) is 12.1 Å². The number of hydrogen-bond acceptors (Lipinski definition) is 4. The van der Waals surface area contributed by atoms with Crippen molar-refractivity contribution in [2.45, 2.75) is 6.43 Å². The second-order valence-corrected chi connectivity index (χ2v) is 3.24. The summed E-state index contributed by atoms with van der Waals surface area (Å²) in [4.78, 5) is 21.8. The molecule has 18 heavy (non-hydrogen) atoms. The summed E-state index contributed by atoms with van der Waals surface area (Å²) < 4.78 is 35.1. The molecule has 98 valence electrons. The molecule has 5 nitrogen and oxygen atoms in total. The number of carboxylic acid groups (broad SMARTS) is 1. The maximum Gasteiger partial charge on any atom is 0.377 e. The number of alkyl halides is 2. The first-order chi connectivity index (χ1) is 8.42. The minimum absolute atomic E-state index is 0.125. The van der Waals surface area contributed by atoms with Crippen molar-refractivity contribution in [1.29, 1.82) is 0 Å². The molecule has 0 aromatic heterocycles. The summed E-state index contributed by atoms with van der Waals surface area (Å²) in [6.45, 7) is 0. The SMILES string of the molecule is COc1cc(C(=O)C(=O)O)cc(C(F)F)c1OC. The van der Waals surface area contributed by atoms with Gasteiger partial charge in [0.25, 0.3) is 12.2 Å². The molecule has 0 saturated carbocycles. The van der Waals surface area contributed by atoms with Gasteiger partial charge in [-0.2, -0.15) is 0 Å². The van der Waals surface area contributed by atoms with E-state index in [4.69, 9.17) is 14.6 Å². The van der Waals surface area contributed by atoms with Gasteiger partial charge in [0.05, 0.1) is 19.8 Å². The predicted octanol–water partition coefficient (Wildman–Crippen LogP) is 1.91. The Morgan fingerprint density at radius 2 is 1.83 bits per heavy atom. The van der Waals surface area contributed by atoms with Crippen LogP contribution in [0.3, 0.4) is 0 Å². The number of halogens is 2. The molecule has 1 rings (SSSR count). The second-order valence-electron chi connectivity index (χ2n) is 3.24. The third kappa shape index (κ3) is 2.55. The fraction of sp³-hybridized carbons (Fsp3) is 0.273. The number of Topliss-reactive ketones (excluding diaryl/α,β-unsaturated/α-hetero) is 1. The fourth-order valence-corrected chi connectivity index (χ4v) is 1.41. The fourth-order valence-electron chi connectivity index (χ4n) is 1.41. The third-order valence-corrected chi connectivity index (χ3v) is 2.20. The lowest BCUT2D eigenvalue weighted by Gasteiger charge is -2.13. The van der Waals surface area contributed by atoms with Crippen LogP contribution in [0.25, 0.3) is 0 Å². The van der Waals surface area contributed by atoms with Crippen LogP contribution >= 0.6 is 0 Å². The van der Waals surface area contributed by atoms with E-state index in [1.807, 2.05) is 0 Å². The van der Waals surface area contributed by atoms with E-state index in [1.165, 1.54) is 14.2 Å². The van der Waals surface area contributed by atoms with E-state index in [0.717, 1.165) is 12.1 Å². The molecule has 0 bridgehead atoms. The van der Waals surface area contributed by atoms with E-state index in [9.17, 15) is 18.4 Å². The molecule has 0 unspecified atom stereocenters. The van der Waals surface area contributed by atoms with Crippen molar-refractivity contribution in [1.82, 2.24) is 0 Å². The maximum atomic E-state index is 12.8. The van der Waals surface area contributed by atoms with E-state index in [-0.39, 0.29) is 11.5 Å². The molecule has 7 heteroatoms. The van der Waals surface area contributed by atoms with Gasteiger partial charge in [-0.15, -0.1) is 0 Å². The molecule has 0 aliphatic rings. The lowest BCUT2D eigenvalue weighted by molar-refractivity contribution is -0.131. The Bertz CT molecular complexity index is 485. The number of carbonyl (C=O) groups is 2. The van der Waals surface area contributed by atoms with Crippen LogP contribution in [0.5, 0.6) is 11.5 Å². The van der Waals surface area contributed by atoms with Gasteiger partial charge < -0.3 is 14.6 Å². The van der Waals surface area contributed by atoms with Crippen molar-refractivity contribution in [3.8, 4) is 11.5 Å². The molecular formula is C11H10F2O5. The largest absolute Gasteiger partial charge is 0.493 e. The molecule has 1 aromatic rings. The van der Waals surface area contributed by atoms with Crippen molar-refractivity contribution in [2.75, 3.05) is 14.2 Å². The minimum Gasteiger partial charge on any atom is -0.493 e. The summed E-state index contributed by atoms with van der Waals surface area (Å²) >= 11 is 0. The van der Waals surface area contributed by atoms with Crippen molar-refractivity contribution in [2.24, 2.45) is 0 Å². The zero-order valence-electron chi connectivity index (χ0n) is 9.57. The Morgan fingerprint density at radius 1 is 1.22 bits per heavy atom. The second kappa shape index (κ2) is 5.44. The molecule has 0 atom stereocenters. The van der Waals surface area contributed by atoms with Crippen LogP contribution in [-0.2, 0) is 4.79 Å². The molecule has 0 spiro atoms. The van der Waals surface area contributed by atoms with Gasteiger partial charge >= 0.3 is 5.97 Å². The summed E-state index contributed by atoms with van der Waals surface area (Å²) in [5.74, 6) is -3.38. The average molecular weight is 260 g/mol. The van der Waals surface area contributed by atoms with Crippen LogP contribution in [0, 0.1) is 0 Å². The number of hydrogen-bond donors (Lipinski definition) is 1. The number of carbonyl (C=O) groups excluding carboxylic acids is 1. The number of methoxy groups -OCH3 is 2. The van der Waals surface area contributed by atoms with Crippen molar-refractivity contribution >= 4 is 11.8 Å². The molecule has 0 aliphatic heterocycles. The van der Waals surface area contributed by atoms with Gasteiger partial charge in [-0.05, 0) is 12.1 Å². The highest BCUT2D eigenvalue weighted by atomic mass is 19.3. The van der Waals surface area contributed by atoms with Crippen molar-refractivity contribution in [3.63, 3.8) is 0 Å². The third-order valence-electron chi connectivity index (χ3n) is 2.20. The zero-order chi connectivity index (χ0) is 13.9. The average Bonchev–Trinajstić information content (AvgIpc) is 2.35. The number of ether oxygens (including phenoxy) is 2. The normalized spacial score (nSPS) is 10.3. The minimum atomic E-state index is -2.92. The lowest BCUT2D eigenvalue weighted by atomic mass is 10.1. The van der Waals surface area contributed by atoms with Crippen molar-refractivity contribution < 1.29 is 33.0 Å². The van der Waals surface area contributed by atoms with Gasteiger partial charge in [-0.1, -0.05) is 0 Å². The topological polar surface area (TPSA) is 72.8 Å². The number of rotatable bonds is 5. The van der Waals surface area contributed by atoms with Crippen LogP contribution in [0.2, 0.25) is 0 Å². The highest BCUT2D eigenvalue weighted by Gasteiger charge is 2.24. The quantitative estimate of drug-likeness (QED) is 0.646. The molecule has 0 heterocycles. The van der Waals surface area contributed by atoms with Crippen LogP contribution in [0.1, 0.15) is 22.3 Å². The summed E-state index contributed by atoms with van der Waals surface area (Å²) in [5.41, 5.74) is -0.989. The molecule has 0 aliphatic carbocycles. The van der Waals surface area contributed by atoms with Gasteiger partial charge in [-0.3, -0.25) is 4.79 Å². The number of carboxylic acids is 1. The highest BCUT2D eigenvalue weighted by Crippen LogP contribution is 2.38. The van der Waals surface area contributed by atoms with E-state index in [2.05, 4.69) is 0 Å². The van der Waals surface area contributed by atoms with Gasteiger partial charge in [0.1, 0.15) is 0 Å². The Morgan fingerprint density at radius 3 is 2.22 bits per heavy atom. The number of benzene rings is 1. The van der Waals surface area contributed by atoms with Crippen LogP contribution in [0.4, 0.5) is 8.78 Å². The first-order valence-corrected chi connectivity index (χ1v) is 4.74. The summed E-state index contributed by atoms with van der Waals surface area (Å²) in [6.07, 6.45) is -2.92. The van der Waals surface area contributed by atoms with Crippen molar-refractivity contribution in [3.05, 3.63) is 23.3 Å². The summed E-state index contributed by atoms with van der Waals surface area (Å²) in [5, 5.41) is 8.55. The van der Waals surface area contributed by atoms with Crippen LogP contribution in [-0.4, -0.2) is 31.1 Å². The Labute approximate surface area is 101 Å². The monoisotopic (exact) mass is 260 g/mol. The van der Waals surface area contributed by atoms with Gasteiger partial charge in [0, 0.05) is 5.56 Å². The Balaban J connectivity index is 3.45. The zero-order valence-corrected chi connectivity index (χ0v) is 9.57. The van der Waals surface area contributed by atoms with E-state index < -0.39 is 29.3 Å². The maximum absolute atomic E-state index is 12.8. The molecule has 0 saturated heterocycles. The highest BCUT2D eigenvalue weighted by molar-refractivity contribution is 6.40. The molecule has 1 N–H and O–H groups in total. The predicted molar refractivity (Wildman–Crippen MR) is 56.5 cm³/mol. The molecule has 0 fully saturated rings. The molecular weight excluding hydrogens is 250 g/mol. The van der Waals surface area contributed by atoms with E-state index in [1.54, 1.807) is 0 Å². The van der Waals surface area contributed by atoms with E-state index in [0.29, 0.717) is 0 Å². The van der Waals surface area contributed by atoms with Gasteiger partial charge in [0.15, 0.2) is 11.5 Å². The summed E-state index contributed by atoms with van der Waals surface area (Å²) in [6, 6.07) is 1.82. The molecule has 1 aromatic carbocycles. The van der Waals surface area contributed by atoms with Crippen LogP contribution < -0.4 is 9.47 Å². The first-order valence-electron chi connectivity index (χ1n) is 4.74. The molecule has 0 amide bonds. The Hall–Kier alpha value is -2.18. The van der Waals surface area contributed by atoms with E-state index >= 15 is 0 Å². The first kappa shape index (κ1) is 13.9. The smallest absolute Gasteiger partial charge is 0.377 e. The number of aliphatic carboxylic acids is 1. The molecule has 0 radical (unpaired) electrons. The number of ketones is 1. The Kier molecular flexibility index (Phi) is 4.19. The summed E-state index contributed by atoms with van der Waals surface area (Å²) in [7, 11) is 2.37.